The fourth-order valence-electron chi connectivity index (χ4n) is 7.59. The molecule has 0 aliphatic carbocycles. The molecule has 0 aromatic carbocycles. The molecule has 1 fully saturated rings. The van der Waals surface area contributed by atoms with Crippen molar-refractivity contribution in [2.45, 2.75) is 233 Å². The van der Waals surface area contributed by atoms with Crippen molar-refractivity contribution in [2.24, 2.45) is 11.3 Å². The van der Waals surface area contributed by atoms with E-state index in [4.69, 9.17) is 18.9 Å². The van der Waals surface area contributed by atoms with Crippen molar-refractivity contribution in [2.75, 3.05) is 46.6 Å². The fourth-order valence-corrected chi connectivity index (χ4v) is 7.59. The topological polar surface area (TPSA) is 91.4 Å². The predicted molar refractivity (Wildman–Crippen MR) is 232 cm³/mol. The third-order valence-electron chi connectivity index (χ3n) is 11.8. The first-order valence-corrected chi connectivity index (χ1v) is 24.0. The lowest BCUT2D eigenvalue weighted by Gasteiger charge is -2.38. The zero-order chi connectivity index (χ0) is 41.0. The van der Waals surface area contributed by atoms with Crippen LogP contribution in [0, 0.1) is 11.3 Å². The van der Waals surface area contributed by atoms with Crippen LogP contribution < -0.4 is 0 Å². The molecule has 0 radical (unpaired) electrons. The summed E-state index contributed by atoms with van der Waals surface area (Å²) in [5.41, 5.74) is 0.249. The Balaban J connectivity index is 2.44. The maximum atomic E-state index is 12.7. The fraction of sp³-hybridized carbons (Fsp3) is 0.938. The number of piperidine rings is 1. The zero-order valence-corrected chi connectivity index (χ0v) is 37.6. The van der Waals surface area contributed by atoms with Crippen LogP contribution in [0.15, 0.2) is 0 Å². The van der Waals surface area contributed by atoms with E-state index in [1.165, 1.54) is 103 Å². The van der Waals surface area contributed by atoms with Crippen LogP contribution in [-0.4, -0.2) is 75.5 Å². The molecule has 1 rings (SSSR count). The van der Waals surface area contributed by atoms with Crippen LogP contribution in [0.3, 0.4) is 0 Å². The third kappa shape index (κ3) is 31.3. The average Bonchev–Trinajstić information content (AvgIpc) is 3.19. The summed E-state index contributed by atoms with van der Waals surface area (Å²) in [6.07, 6.45) is 33.1. The Hall–Kier alpha value is -1.67. The number of likely N-dealkylation sites (tertiary alicyclic amines) is 1. The minimum atomic E-state index is -0.176. The highest BCUT2D eigenvalue weighted by atomic mass is 16.5. The molecule has 0 saturated carbocycles. The van der Waals surface area contributed by atoms with E-state index in [0.29, 0.717) is 32.3 Å². The summed E-state index contributed by atoms with van der Waals surface area (Å²) in [7, 11) is 2.21. The van der Waals surface area contributed by atoms with E-state index in [-0.39, 0.29) is 48.6 Å². The van der Waals surface area contributed by atoms with Gasteiger partial charge in [0.25, 0.3) is 0 Å². The molecule has 0 aromatic heterocycles. The molecule has 1 atom stereocenters. The van der Waals surface area contributed by atoms with Crippen LogP contribution >= 0.6 is 0 Å². The van der Waals surface area contributed by atoms with Crippen LogP contribution in [0.5, 0.6) is 0 Å². The van der Waals surface area contributed by atoms with Gasteiger partial charge in [-0.25, -0.2) is 0 Å². The number of esters is 3. The number of carbonyl (C=O) groups is 3. The number of rotatable bonds is 39. The SMILES string of the molecule is CCCCCCCCCCCCC(CCCOC(=O)CCCCC(COC(=O)CCCCCCC)COC(=O)CCCCCCC)OCC1(C)CCN(C)CC1. The molecule has 1 aliphatic rings. The first-order valence-electron chi connectivity index (χ1n) is 24.0. The lowest BCUT2D eigenvalue weighted by Crippen LogP contribution is -2.39. The number of carbonyl (C=O) groups excluding carboxylic acids is 3. The predicted octanol–water partition coefficient (Wildman–Crippen LogP) is 12.7. The maximum Gasteiger partial charge on any atom is 0.305 e. The lowest BCUT2D eigenvalue weighted by atomic mass is 9.81. The van der Waals surface area contributed by atoms with Gasteiger partial charge in [-0.3, -0.25) is 14.4 Å². The number of hydrogen-bond donors (Lipinski definition) is 0. The van der Waals surface area contributed by atoms with Crippen molar-refractivity contribution in [1.82, 2.24) is 4.90 Å². The maximum absolute atomic E-state index is 12.7. The molecular formula is C48H91NO7. The molecule has 56 heavy (non-hydrogen) atoms. The molecule has 8 heteroatoms. The van der Waals surface area contributed by atoms with Crippen molar-refractivity contribution in [3.05, 3.63) is 0 Å². The molecule has 1 saturated heterocycles. The molecule has 0 spiro atoms. The van der Waals surface area contributed by atoms with E-state index >= 15 is 0 Å². The van der Waals surface area contributed by atoms with Crippen molar-refractivity contribution >= 4 is 17.9 Å². The molecule has 0 N–H and O–H groups in total. The summed E-state index contributed by atoms with van der Waals surface area (Å²) >= 11 is 0. The van der Waals surface area contributed by atoms with Gasteiger partial charge in [0, 0.05) is 25.2 Å². The van der Waals surface area contributed by atoms with E-state index in [0.717, 1.165) is 90.3 Å². The third-order valence-corrected chi connectivity index (χ3v) is 11.8. The van der Waals surface area contributed by atoms with Gasteiger partial charge in [-0.05, 0) is 83.3 Å². The van der Waals surface area contributed by atoms with Gasteiger partial charge in [0.15, 0.2) is 0 Å². The number of ether oxygens (including phenoxy) is 4. The minimum absolute atomic E-state index is 0.0663. The first-order chi connectivity index (χ1) is 27.2. The van der Waals surface area contributed by atoms with E-state index in [9.17, 15) is 14.4 Å². The number of nitrogens with zero attached hydrogens (tertiary/aromatic N) is 1. The molecule has 1 unspecified atom stereocenters. The molecule has 8 nitrogen and oxygen atoms in total. The molecule has 0 bridgehead atoms. The Morgan fingerprint density at radius 3 is 1.41 bits per heavy atom. The van der Waals surface area contributed by atoms with E-state index < -0.39 is 0 Å². The van der Waals surface area contributed by atoms with Gasteiger partial charge >= 0.3 is 17.9 Å². The summed E-state index contributed by atoms with van der Waals surface area (Å²) in [5.74, 6) is -0.575. The van der Waals surface area contributed by atoms with Crippen LogP contribution in [0.2, 0.25) is 0 Å². The van der Waals surface area contributed by atoms with E-state index in [2.05, 4.69) is 39.6 Å². The Morgan fingerprint density at radius 1 is 0.518 bits per heavy atom. The van der Waals surface area contributed by atoms with Gasteiger partial charge in [-0.2, -0.15) is 0 Å². The molecule has 1 heterocycles. The van der Waals surface area contributed by atoms with Gasteiger partial charge in [0.05, 0.1) is 32.5 Å². The standard InChI is InChI=1S/C48H91NO7/c1-6-9-12-15-16-17-18-19-22-23-30-44(56-42-48(4)35-37-49(5)38-36-48)31-28-39-53-45(50)34-27-26-29-43(40-54-46(51)32-24-20-13-10-7-2)41-55-47(52)33-25-21-14-11-8-3/h43-44H,6-42H2,1-5H3. The second-order valence-corrected chi connectivity index (χ2v) is 17.7. The Bertz CT molecular complexity index is 904. The van der Waals surface area contributed by atoms with E-state index in [1.54, 1.807) is 0 Å². The lowest BCUT2D eigenvalue weighted by molar-refractivity contribution is -0.149. The van der Waals surface area contributed by atoms with Crippen LogP contribution in [0.25, 0.3) is 0 Å². The monoisotopic (exact) mass is 794 g/mol. The second-order valence-electron chi connectivity index (χ2n) is 17.7. The van der Waals surface area contributed by atoms with Crippen molar-refractivity contribution in [1.29, 1.82) is 0 Å². The molecule has 1 aliphatic heterocycles. The van der Waals surface area contributed by atoms with Gasteiger partial charge in [-0.15, -0.1) is 0 Å². The van der Waals surface area contributed by atoms with Crippen LogP contribution in [0.1, 0.15) is 227 Å². The van der Waals surface area contributed by atoms with Crippen LogP contribution in [-0.2, 0) is 33.3 Å². The Kier molecular flexibility index (Phi) is 34.0. The average molecular weight is 794 g/mol. The summed E-state index contributed by atoms with van der Waals surface area (Å²) < 4.78 is 23.5. The normalized spacial score (nSPS) is 14.9. The smallest absolute Gasteiger partial charge is 0.305 e. The summed E-state index contributed by atoms with van der Waals surface area (Å²) in [6, 6.07) is 0. The van der Waals surface area contributed by atoms with Gasteiger partial charge in [0.1, 0.15) is 0 Å². The highest BCUT2D eigenvalue weighted by Crippen LogP contribution is 2.32. The summed E-state index contributed by atoms with van der Waals surface area (Å²) in [6.45, 7) is 13.1. The molecule has 330 valence electrons. The van der Waals surface area contributed by atoms with Crippen LogP contribution in [0.4, 0.5) is 0 Å². The van der Waals surface area contributed by atoms with E-state index in [1.807, 2.05) is 0 Å². The first kappa shape index (κ1) is 52.3. The second kappa shape index (κ2) is 36.4. The van der Waals surface area contributed by atoms with Crippen molar-refractivity contribution in [3.8, 4) is 0 Å². The molecule has 0 amide bonds. The van der Waals surface area contributed by atoms with Gasteiger partial charge in [-0.1, -0.05) is 150 Å². The Morgan fingerprint density at radius 2 is 0.911 bits per heavy atom. The zero-order valence-electron chi connectivity index (χ0n) is 37.6. The summed E-state index contributed by atoms with van der Waals surface area (Å²) in [4.78, 5) is 39.9. The summed E-state index contributed by atoms with van der Waals surface area (Å²) in [5, 5.41) is 0. The van der Waals surface area contributed by atoms with Gasteiger partial charge in [0.2, 0.25) is 0 Å². The Labute approximate surface area is 346 Å². The molecular weight excluding hydrogens is 703 g/mol. The molecule has 0 aromatic rings. The quantitative estimate of drug-likeness (QED) is 0.0345. The van der Waals surface area contributed by atoms with Gasteiger partial charge < -0.3 is 23.8 Å². The largest absolute Gasteiger partial charge is 0.466 e. The highest BCUT2D eigenvalue weighted by molar-refractivity contribution is 5.70. The number of hydrogen-bond acceptors (Lipinski definition) is 8. The number of unbranched alkanes of at least 4 members (excludes halogenated alkanes) is 18. The highest BCUT2D eigenvalue weighted by Gasteiger charge is 2.30. The minimum Gasteiger partial charge on any atom is -0.466 e. The van der Waals surface area contributed by atoms with Crippen molar-refractivity contribution < 1.29 is 33.3 Å². The van der Waals surface area contributed by atoms with Crippen molar-refractivity contribution in [3.63, 3.8) is 0 Å².